The van der Waals surface area contributed by atoms with Crippen LogP contribution in [0.3, 0.4) is 0 Å². The van der Waals surface area contributed by atoms with Gasteiger partial charge in [-0.3, -0.25) is 0 Å². The maximum Gasteiger partial charge on any atom is 0.0480 e. The fourth-order valence-electron chi connectivity index (χ4n) is 1.29. The first-order chi connectivity index (χ1) is 5.72. The van der Waals surface area contributed by atoms with Crippen molar-refractivity contribution in [3.8, 4) is 0 Å². The second-order valence-electron chi connectivity index (χ2n) is 3.39. The fraction of sp³-hybridized carbons (Fsp3) is 1.00. The molecule has 0 aromatic rings. The third-order valence-electron chi connectivity index (χ3n) is 2.05. The van der Waals surface area contributed by atoms with Crippen molar-refractivity contribution >= 4 is 0 Å². The lowest BCUT2D eigenvalue weighted by Gasteiger charge is -2.21. The number of rotatable bonds is 7. The Balaban J connectivity index is 3.49. The van der Waals surface area contributed by atoms with Gasteiger partial charge in [-0.25, -0.2) is 0 Å². The summed E-state index contributed by atoms with van der Waals surface area (Å²) in [6.45, 7) is 11.4. The molecular weight excluding hydrogens is 150 g/mol. The van der Waals surface area contributed by atoms with Crippen molar-refractivity contribution in [1.82, 2.24) is 5.32 Å². The Morgan fingerprint density at radius 3 is 2.33 bits per heavy atom. The van der Waals surface area contributed by atoms with E-state index in [0.29, 0.717) is 12.0 Å². The van der Waals surface area contributed by atoms with Gasteiger partial charge in [-0.2, -0.15) is 0 Å². The quantitative estimate of drug-likeness (QED) is 0.595. The summed E-state index contributed by atoms with van der Waals surface area (Å²) in [7, 11) is 0. The van der Waals surface area contributed by atoms with E-state index in [1.165, 1.54) is 0 Å². The van der Waals surface area contributed by atoms with Crippen LogP contribution >= 0.6 is 0 Å². The van der Waals surface area contributed by atoms with Gasteiger partial charge < -0.3 is 10.1 Å². The molecule has 0 saturated carbocycles. The highest BCUT2D eigenvalue weighted by Crippen LogP contribution is 2.05. The molecule has 0 amide bonds. The third kappa shape index (κ3) is 5.56. The Kier molecular flexibility index (Phi) is 7.51. The molecule has 2 nitrogen and oxygen atoms in total. The zero-order valence-electron chi connectivity index (χ0n) is 8.89. The summed E-state index contributed by atoms with van der Waals surface area (Å²) in [5.41, 5.74) is 0. The van der Waals surface area contributed by atoms with Gasteiger partial charge in [-0.05, 0) is 25.8 Å². The molecule has 0 fully saturated rings. The average Bonchev–Trinajstić information content (AvgIpc) is 2.03. The van der Waals surface area contributed by atoms with Crippen molar-refractivity contribution in [2.45, 2.75) is 40.2 Å². The first kappa shape index (κ1) is 11.9. The lowest BCUT2D eigenvalue weighted by atomic mass is 10.0. The minimum Gasteiger partial charge on any atom is -0.382 e. The Morgan fingerprint density at radius 2 is 1.92 bits per heavy atom. The maximum atomic E-state index is 5.32. The van der Waals surface area contributed by atoms with Gasteiger partial charge in [0.25, 0.3) is 0 Å². The highest BCUT2D eigenvalue weighted by molar-refractivity contribution is 4.68. The highest BCUT2D eigenvalue weighted by Gasteiger charge is 2.10. The summed E-state index contributed by atoms with van der Waals surface area (Å²) in [5.74, 6) is 0.699. The predicted octanol–water partition coefficient (Wildman–Crippen LogP) is 2.05. The highest BCUT2D eigenvalue weighted by atomic mass is 16.5. The standard InChI is InChI=1S/C10H23NO/c1-5-11-10(9(3)4)7-8-12-6-2/h9-11H,5-8H2,1-4H3. The largest absolute Gasteiger partial charge is 0.382 e. The molecule has 0 bridgehead atoms. The molecule has 0 aliphatic rings. The van der Waals surface area contributed by atoms with Crippen molar-refractivity contribution in [2.24, 2.45) is 5.92 Å². The SMILES string of the molecule is CCNC(CCOCC)C(C)C. The lowest BCUT2D eigenvalue weighted by molar-refractivity contribution is 0.131. The molecule has 0 aromatic heterocycles. The van der Waals surface area contributed by atoms with Crippen molar-refractivity contribution in [2.75, 3.05) is 19.8 Å². The number of ether oxygens (including phenoxy) is 1. The van der Waals surface area contributed by atoms with Gasteiger partial charge in [-0.15, -0.1) is 0 Å². The van der Waals surface area contributed by atoms with Gasteiger partial charge in [0.05, 0.1) is 0 Å². The van der Waals surface area contributed by atoms with Crippen LogP contribution in [-0.2, 0) is 4.74 Å². The van der Waals surface area contributed by atoms with Gasteiger partial charge in [-0.1, -0.05) is 20.8 Å². The monoisotopic (exact) mass is 173 g/mol. The van der Waals surface area contributed by atoms with E-state index in [4.69, 9.17) is 4.74 Å². The summed E-state index contributed by atoms with van der Waals surface area (Å²) in [4.78, 5) is 0. The molecule has 74 valence electrons. The fourth-order valence-corrected chi connectivity index (χ4v) is 1.29. The predicted molar refractivity (Wildman–Crippen MR) is 53.4 cm³/mol. The van der Waals surface area contributed by atoms with Crippen LogP contribution in [0.15, 0.2) is 0 Å². The Hall–Kier alpha value is -0.0800. The van der Waals surface area contributed by atoms with Gasteiger partial charge in [0.15, 0.2) is 0 Å². The average molecular weight is 173 g/mol. The number of nitrogens with one attached hydrogen (secondary N) is 1. The lowest BCUT2D eigenvalue weighted by Crippen LogP contribution is -2.34. The Morgan fingerprint density at radius 1 is 1.25 bits per heavy atom. The second kappa shape index (κ2) is 7.56. The van der Waals surface area contributed by atoms with Crippen LogP contribution < -0.4 is 5.32 Å². The van der Waals surface area contributed by atoms with E-state index in [0.717, 1.165) is 26.2 Å². The molecule has 0 radical (unpaired) electrons. The van der Waals surface area contributed by atoms with Crippen molar-refractivity contribution in [1.29, 1.82) is 0 Å². The second-order valence-corrected chi connectivity index (χ2v) is 3.39. The molecule has 1 N–H and O–H groups in total. The zero-order chi connectivity index (χ0) is 9.40. The molecule has 0 aliphatic heterocycles. The Labute approximate surface area is 76.7 Å². The van der Waals surface area contributed by atoms with E-state index in [1.807, 2.05) is 6.92 Å². The van der Waals surface area contributed by atoms with E-state index >= 15 is 0 Å². The van der Waals surface area contributed by atoms with Crippen LogP contribution in [0.2, 0.25) is 0 Å². The molecule has 1 unspecified atom stereocenters. The maximum absolute atomic E-state index is 5.32. The number of hydrogen-bond donors (Lipinski definition) is 1. The van der Waals surface area contributed by atoms with Crippen molar-refractivity contribution < 1.29 is 4.74 Å². The summed E-state index contributed by atoms with van der Waals surface area (Å²) < 4.78 is 5.32. The molecular formula is C10H23NO. The zero-order valence-corrected chi connectivity index (χ0v) is 8.89. The summed E-state index contributed by atoms with van der Waals surface area (Å²) in [6, 6.07) is 0.613. The summed E-state index contributed by atoms with van der Waals surface area (Å²) in [6.07, 6.45) is 1.12. The summed E-state index contributed by atoms with van der Waals surface area (Å²) in [5, 5.41) is 3.46. The van der Waals surface area contributed by atoms with Crippen LogP contribution in [0.25, 0.3) is 0 Å². The molecule has 2 heteroatoms. The van der Waals surface area contributed by atoms with E-state index in [1.54, 1.807) is 0 Å². The van der Waals surface area contributed by atoms with Gasteiger partial charge in [0.2, 0.25) is 0 Å². The molecule has 0 aliphatic carbocycles. The molecule has 0 spiro atoms. The van der Waals surface area contributed by atoms with Crippen molar-refractivity contribution in [3.05, 3.63) is 0 Å². The summed E-state index contributed by atoms with van der Waals surface area (Å²) >= 11 is 0. The molecule has 0 aromatic carbocycles. The van der Waals surface area contributed by atoms with E-state index in [9.17, 15) is 0 Å². The van der Waals surface area contributed by atoms with E-state index in [2.05, 4.69) is 26.1 Å². The van der Waals surface area contributed by atoms with Crippen molar-refractivity contribution in [3.63, 3.8) is 0 Å². The third-order valence-corrected chi connectivity index (χ3v) is 2.05. The van der Waals surface area contributed by atoms with E-state index in [-0.39, 0.29) is 0 Å². The first-order valence-electron chi connectivity index (χ1n) is 5.03. The van der Waals surface area contributed by atoms with Crippen LogP contribution in [-0.4, -0.2) is 25.8 Å². The van der Waals surface area contributed by atoms with Crippen LogP contribution in [0.1, 0.15) is 34.1 Å². The minimum atomic E-state index is 0.613. The van der Waals surface area contributed by atoms with Gasteiger partial charge in [0, 0.05) is 19.3 Å². The molecule has 0 saturated heterocycles. The van der Waals surface area contributed by atoms with Crippen LogP contribution in [0, 0.1) is 5.92 Å². The topological polar surface area (TPSA) is 21.3 Å². The minimum absolute atomic E-state index is 0.613. The normalized spacial score (nSPS) is 13.8. The van der Waals surface area contributed by atoms with Gasteiger partial charge in [0.1, 0.15) is 0 Å². The first-order valence-corrected chi connectivity index (χ1v) is 5.03. The Bertz CT molecular complexity index is 93.8. The van der Waals surface area contributed by atoms with Gasteiger partial charge >= 0.3 is 0 Å². The van der Waals surface area contributed by atoms with E-state index < -0.39 is 0 Å². The molecule has 1 atom stereocenters. The molecule has 0 heterocycles. The number of hydrogen-bond acceptors (Lipinski definition) is 2. The van der Waals surface area contributed by atoms with Crippen LogP contribution in [0.5, 0.6) is 0 Å². The van der Waals surface area contributed by atoms with Crippen LogP contribution in [0.4, 0.5) is 0 Å². The molecule has 0 rings (SSSR count). The molecule has 12 heavy (non-hydrogen) atoms. The smallest absolute Gasteiger partial charge is 0.0480 e.